The molecular weight excluding hydrogens is 472 g/mol. The zero-order valence-electron chi connectivity index (χ0n) is 21.6. The summed E-state index contributed by atoms with van der Waals surface area (Å²) in [6.45, 7) is 11.7. The maximum atomic E-state index is 13.3. The van der Waals surface area contributed by atoms with Crippen molar-refractivity contribution >= 4 is 39.9 Å². The molecule has 1 aliphatic rings. The molecule has 0 radical (unpaired) electrons. The number of amides is 2. The minimum atomic E-state index is -0.530. The van der Waals surface area contributed by atoms with E-state index in [1.54, 1.807) is 27.7 Å². The molecule has 1 fully saturated rings. The van der Waals surface area contributed by atoms with E-state index in [0.29, 0.717) is 43.1 Å². The zero-order valence-corrected chi connectivity index (χ0v) is 21.6. The molecule has 3 aromatic heterocycles. The van der Waals surface area contributed by atoms with Crippen LogP contribution < -0.4 is 10.2 Å². The standard InChI is InChI=1S/C26H30N8O3/c1-16-15-34-21(17(2)28-16)14-22(31-34)29-24(35)19-6-7-20(18-8-9-27-30-23(18)19)32-10-12-33(13-11-32)25(36)37-26(3,4)5/h6-9,14-15H,10-13H2,1-5H3,(H,29,31,35). The van der Waals surface area contributed by atoms with Crippen LogP contribution in [0.15, 0.2) is 36.7 Å². The van der Waals surface area contributed by atoms with Gasteiger partial charge in [0.25, 0.3) is 5.91 Å². The number of carbonyl (C=O) groups is 2. The van der Waals surface area contributed by atoms with Crippen molar-refractivity contribution in [2.45, 2.75) is 40.2 Å². The lowest BCUT2D eigenvalue weighted by atomic mass is 10.1. The fourth-order valence-electron chi connectivity index (χ4n) is 4.52. The number of hydrogen-bond acceptors (Lipinski definition) is 8. The van der Waals surface area contributed by atoms with Gasteiger partial charge in [-0.15, -0.1) is 10.2 Å². The van der Waals surface area contributed by atoms with Gasteiger partial charge in [-0.05, 0) is 52.8 Å². The molecule has 0 spiro atoms. The molecule has 0 unspecified atom stereocenters. The average molecular weight is 503 g/mol. The van der Waals surface area contributed by atoms with Gasteiger partial charge < -0.3 is 19.9 Å². The maximum absolute atomic E-state index is 13.3. The number of nitrogens with one attached hydrogen (secondary N) is 1. The Morgan fingerprint density at radius 2 is 1.81 bits per heavy atom. The van der Waals surface area contributed by atoms with E-state index >= 15 is 0 Å². The second kappa shape index (κ2) is 9.30. The molecule has 5 rings (SSSR count). The average Bonchev–Trinajstić information content (AvgIpc) is 3.25. The second-order valence-electron chi connectivity index (χ2n) is 10.2. The van der Waals surface area contributed by atoms with E-state index in [2.05, 4.69) is 30.5 Å². The molecule has 0 saturated carbocycles. The van der Waals surface area contributed by atoms with E-state index in [0.717, 1.165) is 28.0 Å². The minimum absolute atomic E-state index is 0.303. The number of carbonyl (C=O) groups excluding carboxylic acids is 2. The Morgan fingerprint density at radius 3 is 2.54 bits per heavy atom. The molecule has 0 bridgehead atoms. The molecule has 0 aliphatic carbocycles. The molecule has 192 valence electrons. The van der Waals surface area contributed by atoms with Gasteiger partial charge in [0, 0.05) is 43.3 Å². The van der Waals surface area contributed by atoms with Crippen LogP contribution in [0, 0.1) is 13.8 Å². The Labute approximate surface area is 214 Å². The summed E-state index contributed by atoms with van der Waals surface area (Å²) >= 11 is 0. The number of benzene rings is 1. The smallest absolute Gasteiger partial charge is 0.410 e. The van der Waals surface area contributed by atoms with Crippen LogP contribution in [-0.2, 0) is 4.74 Å². The number of aryl methyl sites for hydroxylation is 2. The van der Waals surface area contributed by atoms with Crippen LogP contribution in [0.5, 0.6) is 0 Å². The highest BCUT2D eigenvalue weighted by Crippen LogP contribution is 2.29. The Morgan fingerprint density at radius 1 is 1.05 bits per heavy atom. The van der Waals surface area contributed by atoms with Crippen LogP contribution in [0.25, 0.3) is 16.4 Å². The zero-order chi connectivity index (χ0) is 26.3. The lowest BCUT2D eigenvalue weighted by Gasteiger charge is -2.37. The first-order chi connectivity index (χ1) is 17.6. The summed E-state index contributed by atoms with van der Waals surface area (Å²) in [7, 11) is 0. The number of hydrogen-bond donors (Lipinski definition) is 1. The lowest BCUT2D eigenvalue weighted by Crippen LogP contribution is -2.50. The monoisotopic (exact) mass is 502 g/mol. The van der Waals surface area contributed by atoms with Gasteiger partial charge in [-0.1, -0.05) is 0 Å². The Hall–Kier alpha value is -4.28. The van der Waals surface area contributed by atoms with Crippen molar-refractivity contribution < 1.29 is 14.3 Å². The molecule has 1 saturated heterocycles. The highest BCUT2D eigenvalue weighted by atomic mass is 16.6. The molecule has 1 aromatic carbocycles. The van der Waals surface area contributed by atoms with Gasteiger partial charge >= 0.3 is 6.09 Å². The van der Waals surface area contributed by atoms with Gasteiger partial charge in [0.05, 0.1) is 34.9 Å². The first-order valence-corrected chi connectivity index (χ1v) is 12.2. The maximum Gasteiger partial charge on any atom is 0.410 e. The minimum Gasteiger partial charge on any atom is -0.444 e. The van der Waals surface area contributed by atoms with Gasteiger partial charge in [-0.2, -0.15) is 5.10 Å². The van der Waals surface area contributed by atoms with Gasteiger partial charge in [0.1, 0.15) is 11.1 Å². The molecule has 4 aromatic rings. The number of fused-ring (bicyclic) bond motifs is 2. The number of nitrogens with zero attached hydrogens (tertiary/aromatic N) is 7. The van der Waals surface area contributed by atoms with E-state index in [1.807, 2.05) is 52.9 Å². The van der Waals surface area contributed by atoms with Gasteiger partial charge in [-0.25, -0.2) is 9.31 Å². The van der Waals surface area contributed by atoms with Crippen molar-refractivity contribution in [3.63, 3.8) is 0 Å². The van der Waals surface area contributed by atoms with E-state index in [4.69, 9.17) is 4.74 Å². The predicted octanol–water partition coefficient (Wildman–Crippen LogP) is 3.60. The third-order valence-electron chi connectivity index (χ3n) is 6.18. The summed E-state index contributed by atoms with van der Waals surface area (Å²) in [6, 6.07) is 7.33. The fraction of sp³-hybridized carbons (Fsp3) is 0.385. The summed E-state index contributed by atoms with van der Waals surface area (Å²) in [4.78, 5) is 34.1. The van der Waals surface area contributed by atoms with Crippen LogP contribution >= 0.6 is 0 Å². The summed E-state index contributed by atoms with van der Waals surface area (Å²) in [6.07, 6.45) is 3.13. The van der Waals surface area contributed by atoms with E-state index in [9.17, 15) is 9.59 Å². The van der Waals surface area contributed by atoms with Crippen molar-refractivity contribution in [2.75, 3.05) is 36.4 Å². The van der Waals surface area contributed by atoms with Crippen molar-refractivity contribution in [3.05, 3.63) is 53.6 Å². The van der Waals surface area contributed by atoms with Crippen LogP contribution in [0.3, 0.4) is 0 Å². The van der Waals surface area contributed by atoms with Gasteiger partial charge in [0.2, 0.25) is 0 Å². The van der Waals surface area contributed by atoms with Gasteiger partial charge in [0.15, 0.2) is 5.82 Å². The van der Waals surface area contributed by atoms with E-state index in [1.165, 1.54) is 0 Å². The molecule has 1 aliphatic heterocycles. The van der Waals surface area contributed by atoms with Gasteiger partial charge in [-0.3, -0.25) is 9.78 Å². The molecular formula is C26H30N8O3. The SMILES string of the molecule is Cc1cn2nc(NC(=O)c3ccc(N4CCN(C(=O)OC(C)(C)C)CC4)c4ccnnc34)cc2c(C)n1. The quantitative estimate of drug-likeness (QED) is 0.452. The van der Waals surface area contributed by atoms with Crippen molar-refractivity contribution in [3.8, 4) is 0 Å². The molecule has 4 heterocycles. The number of ether oxygens (including phenoxy) is 1. The fourth-order valence-corrected chi connectivity index (χ4v) is 4.52. The first kappa shape index (κ1) is 24.4. The highest BCUT2D eigenvalue weighted by Gasteiger charge is 2.27. The van der Waals surface area contributed by atoms with Crippen molar-refractivity contribution in [2.24, 2.45) is 0 Å². The van der Waals surface area contributed by atoms with Crippen LogP contribution in [0.4, 0.5) is 16.3 Å². The van der Waals surface area contributed by atoms with E-state index < -0.39 is 5.60 Å². The molecule has 1 N–H and O–H groups in total. The van der Waals surface area contributed by atoms with Crippen LogP contribution in [-0.4, -0.2) is 73.5 Å². The summed E-state index contributed by atoms with van der Waals surface area (Å²) < 4.78 is 7.22. The van der Waals surface area contributed by atoms with Crippen LogP contribution in [0.2, 0.25) is 0 Å². The topological polar surface area (TPSA) is 118 Å². The van der Waals surface area contributed by atoms with Crippen molar-refractivity contribution in [1.29, 1.82) is 0 Å². The van der Waals surface area contributed by atoms with Crippen LogP contribution in [0.1, 0.15) is 42.5 Å². The molecule has 11 heteroatoms. The highest BCUT2D eigenvalue weighted by molar-refractivity contribution is 6.13. The number of rotatable bonds is 3. The third kappa shape index (κ3) is 5.02. The Kier molecular flexibility index (Phi) is 6.14. The molecule has 2 amide bonds. The predicted molar refractivity (Wildman–Crippen MR) is 140 cm³/mol. The van der Waals surface area contributed by atoms with E-state index in [-0.39, 0.29) is 12.0 Å². The Balaban J connectivity index is 1.36. The molecule has 11 nitrogen and oxygen atoms in total. The summed E-state index contributed by atoms with van der Waals surface area (Å²) in [5.74, 6) is 0.109. The van der Waals surface area contributed by atoms with Crippen molar-refractivity contribution in [1.82, 2.24) is 29.7 Å². The number of aromatic nitrogens is 5. The summed E-state index contributed by atoms with van der Waals surface area (Å²) in [5.41, 5.74) is 3.82. The summed E-state index contributed by atoms with van der Waals surface area (Å²) in [5, 5.41) is 16.5. The number of anilines is 2. The second-order valence-corrected chi connectivity index (χ2v) is 10.2. The molecule has 37 heavy (non-hydrogen) atoms. The third-order valence-corrected chi connectivity index (χ3v) is 6.18. The lowest BCUT2D eigenvalue weighted by molar-refractivity contribution is 0.0240. The first-order valence-electron chi connectivity index (χ1n) is 12.2. The number of piperazine rings is 1. The molecule has 0 atom stereocenters. The normalized spacial score (nSPS) is 14.3. The Bertz CT molecular complexity index is 1500. The largest absolute Gasteiger partial charge is 0.444 e.